The van der Waals surface area contributed by atoms with Crippen molar-refractivity contribution in [3.8, 4) is 107 Å². The lowest BCUT2D eigenvalue weighted by atomic mass is 9.84. The highest BCUT2D eigenvalue weighted by atomic mass is 16.5. The number of nitrogens with zero attached hydrogens (tertiary/aromatic N) is 4. The molecule has 0 amide bonds. The molecule has 1 aliphatic rings. The lowest BCUT2D eigenvalue weighted by molar-refractivity contribution is -0.570. The Morgan fingerprint density at radius 2 is 1.00 bits per heavy atom. The average Bonchev–Trinajstić information content (AvgIpc) is 1.71. The molecule has 15 rings (SSSR count). The van der Waals surface area contributed by atoms with Crippen LogP contribution in [0.25, 0.3) is 128 Å². The molecule has 0 unspecified atom stereocenters. The van der Waals surface area contributed by atoms with Gasteiger partial charge in [0.1, 0.15) is 17.3 Å². The lowest BCUT2D eigenvalue weighted by Gasteiger charge is -2.21. The van der Waals surface area contributed by atoms with E-state index in [0.29, 0.717) is 22.6 Å². The van der Waals surface area contributed by atoms with E-state index in [1.165, 1.54) is 0 Å². The van der Waals surface area contributed by atoms with Crippen molar-refractivity contribution in [2.24, 2.45) is 0 Å². The van der Waals surface area contributed by atoms with Crippen LogP contribution >= 0.6 is 0 Å². The second-order valence-corrected chi connectivity index (χ2v) is 23.6. The van der Waals surface area contributed by atoms with E-state index < -0.39 is 101 Å². The first-order chi connectivity index (χ1) is 46.8. The largest absolute Gasteiger partial charge is 0.458 e. The molecule has 14 aromatic rings. The SMILES string of the molecule is [2H]c1c([2H])c([2H])c(-c2c([2H])c(-c3ccc4c(c3)-c3cccc(-c5ccc(C(C)(C)C)cc5)c3-[n+]3[c-]n(-c5cccc(Oc6ccc7c8ccccc8n(-c8cc(C(C)(C)C)ccn8)c7c6)c5)c5cccc(c53)-c3ccccc3-4)c([2H])c(-c3c([2H])c([2H])c([2H])c([2H])c3[2H])c2[2H])c([2H])c1[2H]. The van der Waals surface area contributed by atoms with Crippen LogP contribution in [0.2, 0.25) is 0 Å². The van der Waals surface area contributed by atoms with E-state index in [4.69, 9.17) is 23.4 Å². The van der Waals surface area contributed by atoms with Gasteiger partial charge in [0.25, 0.3) is 6.33 Å². The molecule has 3 aromatic heterocycles. The van der Waals surface area contributed by atoms with E-state index in [0.717, 1.165) is 94.5 Å². The van der Waals surface area contributed by atoms with Gasteiger partial charge in [0.2, 0.25) is 0 Å². The maximum Gasteiger partial charge on any atom is 0.269 e. The number of imidazole rings is 1. The Bertz CT molecular complexity index is 5590. The summed E-state index contributed by atoms with van der Waals surface area (Å²) in [7, 11) is 0. The van der Waals surface area contributed by atoms with Gasteiger partial charge in [-0.25, -0.2) is 4.98 Å². The first-order valence-corrected chi connectivity index (χ1v) is 28.4. The minimum Gasteiger partial charge on any atom is -0.458 e. The number of rotatable bonds is 8. The maximum absolute atomic E-state index is 10.1. The van der Waals surface area contributed by atoms with Gasteiger partial charge in [-0.3, -0.25) is 13.7 Å². The summed E-state index contributed by atoms with van der Waals surface area (Å²) in [6.45, 7) is 13.1. The lowest BCUT2D eigenvalue weighted by Crippen LogP contribution is -2.32. The second-order valence-electron chi connectivity index (χ2n) is 23.6. The topological polar surface area (TPSA) is 35.9 Å². The molecule has 11 aromatic carbocycles. The predicted molar refractivity (Wildman–Crippen MR) is 351 cm³/mol. The molecule has 0 spiro atoms. The van der Waals surface area contributed by atoms with Gasteiger partial charge < -0.3 is 4.74 Å². The van der Waals surface area contributed by atoms with Gasteiger partial charge in [-0.15, -0.1) is 0 Å². The molecular weight excluding hydrogens is 1030 g/mol. The van der Waals surface area contributed by atoms with Crippen LogP contribution in [-0.4, -0.2) is 14.1 Å². The van der Waals surface area contributed by atoms with Crippen LogP contribution in [0.1, 0.15) is 70.5 Å². The highest BCUT2D eigenvalue weighted by Crippen LogP contribution is 2.47. The number of hydrogen-bond acceptors (Lipinski definition) is 2. The van der Waals surface area contributed by atoms with Crippen molar-refractivity contribution < 1.29 is 27.1 Å². The van der Waals surface area contributed by atoms with Crippen molar-refractivity contribution in [1.82, 2.24) is 14.1 Å². The molecule has 0 saturated heterocycles. The highest BCUT2D eigenvalue weighted by molar-refractivity contribution is 6.09. The first-order valence-electron chi connectivity index (χ1n) is 34.9. The minimum atomic E-state index is -0.734. The van der Waals surface area contributed by atoms with E-state index in [2.05, 4.69) is 142 Å². The van der Waals surface area contributed by atoms with Crippen molar-refractivity contribution in [2.75, 3.05) is 0 Å². The van der Waals surface area contributed by atoms with Crippen molar-refractivity contribution in [3.63, 3.8) is 0 Å². The standard InChI is InChI=1S/C80H62N4O/c1-79(2,3)59-37-34-54(35-38-59)64-29-18-30-71-72-47-55(58-45-56(52-20-9-7-10-21-52)44-57(46-58)53-22-11-8-12-23-53)36-40-67(72)65-26-13-14-27-66(65)70-31-19-33-74-78(70)83(77(64)71)51-82(74)61-24-17-25-62(49-61)85-63-39-41-69-68-28-15-16-32-73(68)84(75(69)50-63)76-48-60(42-43-81-76)80(4,5)6/h7-50H,1-6H3/i7D,8D,9D,10D,11D,12D,20D,21D,22D,23D,44D,45D,46D. The number of benzene rings is 11. The Balaban J connectivity index is 0.969. The van der Waals surface area contributed by atoms with E-state index in [-0.39, 0.29) is 22.0 Å². The number of pyridine rings is 1. The van der Waals surface area contributed by atoms with Crippen molar-refractivity contribution in [2.45, 2.75) is 52.4 Å². The Kier molecular flexibility index (Phi) is 9.32. The number of aromatic nitrogens is 4. The van der Waals surface area contributed by atoms with Gasteiger partial charge in [0.15, 0.2) is 0 Å². The van der Waals surface area contributed by atoms with Gasteiger partial charge in [0, 0.05) is 23.0 Å². The zero-order valence-electron chi connectivity index (χ0n) is 60.6. The van der Waals surface area contributed by atoms with E-state index in [9.17, 15) is 4.11 Å². The van der Waals surface area contributed by atoms with Crippen LogP contribution in [0.4, 0.5) is 0 Å². The summed E-state index contributed by atoms with van der Waals surface area (Å²) in [6, 6.07) is 51.9. The van der Waals surface area contributed by atoms with E-state index >= 15 is 0 Å². The zero-order chi connectivity index (χ0) is 68.9. The number of fused-ring (bicyclic) bond motifs is 10. The Morgan fingerprint density at radius 3 is 1.73 bits per heavy atom. The fourth-order valence-corrected chi connectivity index (χ4v) is 11.9. The van der Waals surface area contributed by atoms with Gasteiger partial charge >= 0.3 is 0 Å². The summed E-state index contributed by atoms with van der Waals surface area (Å²) in [5.74, 6) is 2.01. The third-order valence-electron chi connectivity index (χ3n) is 16.2. The second kappa shape index (κ2) is 20.2. The van der Waals surface area contributed by atoms with Crippen LogP contribution in [0.15, 0.2) is 267 Å². The van der Waals surface area contributed by atoms with Crippen molar-refractivity contribution in [3.05, 3.63) is 284 Å². The number of ether oxygens (including phenoxy) is 1. The fraction of sp³-hybridized carbons (Fsp3) is 0.100. The van der Waals surface area contributed by atoms with Crippen molar-refractivity contribution in [1.29, 1.82) is 0 Å². The minimum absolute atomic E-state index is 0.104. The highest BCUT2D eigenvalue weighted by Gasteiger charge is 2.28. The third-order valence-corrected chi connectivity index (χ3v) is 16.2. The molecule has 1 aliphatic heterocycles. The number of para-hydroxylation sites is 3. The number of hydrogen-bond donors (Lipinski definition) is 0. The smallest absolute Gasteiger partial charge is 0.269 e. The van der Waals surface area contributed by atoms with E-state index in [1.54, 1.807) is 6.07 Å². The van der Waals surface area contributed by atoms with Crippen molar-refractivity contribution >= 4 is 32.8 Å². The van der Waals surface area contributed by atoms with E-state index in [1.807, 2.05) is 102 Å². The van der Waals surface area contributed by atoms with Crippen LogP contribution in [0.5, 0.6) is 11.5 Å². The van der Waals surface area contributed by atoms with Crippen LogP contribution < -0.4 is 9.30 Å². The summed E-state index contributed by atoms with van der Waals surface area (Å²) in [5, 5.41) is 2.15. The fourth-order valence-electron chi connectivity index (χ4n) is 11.9. The molecule has 85 heavy (non-hydrogen) atoms. The molecule has 0 aliphatic carbocycles. The van der Waals surface area contributed by atoms with Crippen LogP contribution in [-0.2, 0) is 10.8 Å². The molecule has 0 radical (unpaired) electrons. The first kappa shape index (κ1) is 39.2. The molecule has 0 N–H and O–H groups in total. The third kappa shape index (κ3) is 9.11. The maximum atomic E-state index is 10.1. The average molecular weight is 1110 g/mol. The molecule has 0 atom stereocenters. The monoisotopic (exact) mass is 1110 g/mol. The van der Waals surface area contributed by atoms with Gasteiger partial charge in [-0.1, -0.05) is 223 Å². The molecular formula is C80H62N4O. The van der Waals surface area contributed by atoms with Gasteiger partial charge in [-0.2, -0.15) is 0 Å². The molecule has 5 nitrogen and oxygen atoms in total. The Labute approximate surface area is 515 Å². The molecule has 4 heterocycles. The quantitative estimate of drug-likeness (QED) is 0.112. The summed E-state index contributed by atoms with van der Waals surface area (Å²) in [5.41, 5.74) is 11.5. The molecule has 408 valence electrons. The Morgan fingerprint density at radius 1 is 0.424 bits per heavy atom. The molecule has 0 bridgehead atoms. The summed E-state index contributed by atoms with van der Waals surface area (Å²) in [4.78, 5) is 4.91. The summed E-state index contributed by atoms with van der Waals surface area (Å²) >= 11 is 0. The van der Waals surface area contributed by atoms with Crippen LogP contribution in [0, 0.1) is 6.33 Å². The Hall–Kier alpha value is -10.4. The predicted octanol–water partition coefficient (Wildman–Crippen LogP) is 20.6. The zero-order valence-corrected chi connectivity index (χ0v) is 47.6. The normalized spacial score (nSPS) is 14.3. The summed E-state index contributed by atoms with van der Waals surface area (Å²) in [6.07, 6.45) is 5.74. The summed E-state index contributed by atoms with van der Waals surface area (Å²) < 4.78 is 132. The van der Waals surface area contributed by atoms with Crippen LogP contribution in [0.3, 0.4) is 0 Å². The molecule has 5 heteroatoms. The molecule has 0 saturated carbocycles. The molecule has 0 fully saturated rings. The van der Waals surface area contributed by atoms with Gasteiger partial charge in [-0.05, 0) is 173 Å². The van der Waals surface area contributed by atoms with Gasteiger partial charge in [0.05, 0.1) is 51.3 Å².